The van der Waals surface area contributed by atoms with Crippen molar-refractivity contribution in [3.8, 4) is 0 Å². The number of hydrogen-bond donors (Lipinski definition) is 2. The van der Waals surface area contributed by atoms with Crippen LogP contribution in [-0.2, 0) is 13.1 Å². The van der Waals surface area contributed by atoms with Gasteiger partial charge in [0.25, 0.3) is 0 Å². The molecule has 27 heavy (non-hydrogen) atoms. The van der Waals surface area contributed by atoms with Gasteiger partial charge in [0.05, 0.1) is 6.54 Å². The molecule has 0 aromatic heterocycles. The number of nitrogens with zero attached hydrogens (tertiary/aromatic N) is 3. The molecule has 1 heterocycles. The summed E-state index contributed by atoms with van der Waals surface area (Å²) >= 11 is 0. The molecule has 1 fully saturated rings. The van der Waals surface area contributed by atoms with Gasteiger partial charge in [0, 0.05) is 45.3 Å². The molecule has 2 N–H and O–H groups in total. The highest BCUT2D eigenvalue weighted by atomic mass is 15.3. The highest BCUT2D eigenvalue weighted by Crippen LogP contribution is 2.14. The van der Waals surface area contributed by atoms with Gasteiger partial charge in [-0.2, -0.15) is 0 Å². The molecule has 5 nitrogen and oxygen atoms in total. The maximum Gasteiger partial charge on any atom is 0.191 e. The van der Waals surface area contributed by atoms with Crippen molar-refractivity contribution in [1.82, 2.24) is 20.4 Å². The van der Waals surface area contributed by atoms with Crippen LogP contribution in [0.5, 0.6) is 0 Å². The molecule has 1 atom stereocenters. The van der Waals surface area contributed by atoms with Gasteiger partial charge in [-0.1, -0.05) is 45.0 Å². The van der Waals surface area contributed by atoms with Crippen molar-refractivity contribution in [2.24, 2.45) is 10.9 Å². The number of aliphatic imine (C=N–C) groups is 1. The normalized spacial score (nSPS) is 17.9. The number of piperazine rings is 1. The van der Waals surface area contributed by atoms with Crippen LogP contribution < -0.4 is 10.6 Å². The lowest BCUT2D eigenvalue weighted by Gasteiger charge is -2.34. The Bertz CT molecular complexity index is 576. The number of benzene rings is 1. The third kappa shape index (κ3) is 7.15. The Hall–Kier alpha value is -1.59. The summed E-state index contributed by atoms with van der Waals surface area (Å²) in [6.07, 6.45) is 0. The first-order valence-electron chi connectivity index (χ1n) is 10.6. The van der Waals surface area contributed by atoms with Gasteiger partial charge >= 0.3 is 0 Å². The molecule has 152 valence electrons. The second-order valence-electron chi connectivity index (χ2n) is 7.85. The Labute approximate surface area is 166 Å². The molecule has 1 aromatic rings. The lowest BCUT2D eigenvalue weighted by molar-refractivity contribution is 0.131. The zero-order valence-corrected chi connectivity index (χ0v) is 18.0. The summed E-state index contributed by atoms with van der Waals surface area (Å²) in [4.78, 5) is 9.95. The Morgan fingerprint density at radius 3 is 2.22 bits per heavy atom. The zero-order chi connectivity index (χ0) is 19.6. The molecule has 5 heteroatoms. The van der Waals surface area contributed by atoms with Gasteiger partial charge < -0.3 is 15.5 Å². The smallest absolute Gasteiger partial charge is 0.191 e. The lowest BCUT2D eigenvalue weighted by Crippen LogP contribution is -2.45. The zero-order valence-electron chi connectivity index (χ0n) is 18.0. The highest BCUT2D eigenvalue weighted by Gasteiger charge is 2.16. The Kier molecular flexibility index (Phi) is 9.08. The summed E-state index contributed by atoms with van der Waals surface area (Å²) in [7, 11) is 0. The molecular weight excluding hydrogens is 334 g/mol. The molecule has 0 spiro atoms. The van der Waals surface area contributed by atoms with Gasteiger partial charge in [0.1, 0.15) is 0 Å². The van der Waals surface area contributed by atoms with Crippen LogP contribution in [0.4, 0.5) is 0 Å². The maximum atomic E-state index is 4.85. The van der Waals surface area contributed by atoms with Gasteiger partial charge in [-0.15, -0.1) is 0 Å². The average Bonchev–Trinajstić information content (AvgIpc) is 2.67. The molecule has 1 aromatic carbocycles. The van der Waals surface area contributed by atoms with E-state index in [9.17, 15) is 0 Å². The molecule has 0 saturated carbocycles. The third-order valence-electron chi connectivity index (χ3n) is 5.54. The summed E-state index contributed by atoms with van der Waals surface area (Å²) in [5.74, 6) is 1.48. The number of hydrogen-bond acceptors (Lipinski definition) is 3. The molecule has 0 bridgehead atoms. The van der Waals surface area contributed by atoms with Gasteiger partial charge in [0.15, 0.2) is 5.96 Å². The van der Waals surface area contributed by atoms with Crippen LogP contribution in [0.3, 0.4) is 0 Å². The lowest BCUT2D eigenvalue weighted by atomic mass is 10.1. The minimum absolute atomic E-state index is 0.396. The van der Waals surface area contributed by atoms with E-state index in [1.807, 2.05) is 0 Å². The van der Waals surface area contributed by atoms with Gasteiger partial charge in [-0.3, -0.25) is 4.90 Å². The van der Waals surface area contributed by atoms with E-state index >= 15 is 0 Å². The van der Waals surface area contributed by atoms with E-state index in [-0.39, 0.29) is 0 Å². The van der Waals surface area contributed by atoms with Crippen molar-refractivity contribution in [3.63, 3.8) is 0 Å². The van der Waals surface area contributed by atoms with E-state index in [0.29, 0.717) is 18.5 Å². The van der Waals surface area contributed by atoms with Crippen LogP contribution in [0.1, 0.15) is 45.7 Å². The van der Waals surface area contributed by atoms with Gasteiger partial charge in [-0.25, -0.2) is 4.99 Å². The van der Waals surface area contributed by atoms with Crippen molar-refractivity contribution < 1.29 is 0 Å². The fourth-order valence-electron chi connectivity index (χ4n) is 3.24. The molecule has 0 aliphatic carbocycles. The Morgan fingerprint density at radius 1 is 1.00 bits per heavy atom. The minimum Gasteiger partial charge on any atom is -0.357 e. The van der Waals surface area contributed by atoms with Crippen LogP contribution in [0, 0.1) is 5.92 Å². The summed E-state index contributed by atoms with van der Waals surface area (Å²) in [5.41, 5.74) is 2.73. The predicted octanol–water partition coefficient (Wildman–Crippen LogP) is 2.92. The van der Waals surface area contributed by atoms with Crippen LogP contribution in [0.2, 0.25) is 0 Å². The van der Waals surface area contributed by atoms with E-state index in [0.717, 1.165) is 38.7 Å². The van der Waals surface area contributed by atoms with E-state index < -0.39 is 0 Å². The van der Waals surface area contributed by atoms with Crippen molar-refractivity contribution in [1.29, 1.82) is 0 Å². The molecule has 0 radical (unpaired) electrons. The van der Waals surface area contributed by atoms with Crippen LogP contribution >= 0.6 is 0 Å². The second-order valence-corrected chi connectivity index (χ2v) is 7.85. The summed E-state index contributed by atoms with van der Waals surface area (Å²) in [5, 5.41) is 6.90. The fourth-order valence-corrected chi connectivity index (χ4v) is 3.24. The average molecular weight is 374 g/mol. The van der Waals surface area contributed by atoms with Crippen molar-refractivity contribution in [2.45, 2.75) is 53.8 Å². The van der Waals surface area contributed by atoms with E-state index in [2.05, 4.69) is 79.3 Å². The van der Waals surface area contributed by atoms with Crippen LogP contribution in [0.25, 0.3) is 0 Å². The first kappa shape index (κ1) is 21.7. The van der Waals surface area contributed by atoms with E-state index in [1.165, 1.54) is 24.2 Å². The van der Waals surface area contributed by atoms with E-state index in [1.54, 1.807) is 0 Å². The first-order chi connectivity index (χ1) is 13.0. The Balaban J connectivity index is 2.01. The molecular formula is C22H39N5. The van der Waals surface area contributed by atoms with Crippen LogP contribution in [-0.4, -0.2) is 61.1 Å². The first-order valence-corrected chi connectivity index (χ1v) is 10.6. The molecule has 0 amide bonds. The number of rotatable bonds is 8. The maximum absolute atomic E-state index is 4.85. The minimum atomic E-state index is 0.396. The molecule has 1 aliphatic heterocycles. The monoisotopic (exact) mass is 373 g/mol. The molecule has 1 aliphatic rings. The topological polar surface area (TPSA) is 42.9 Å². The SMILES string of the molecule is CCNC(=NCc1ccccc1CN1CCN(CC)CC1)NC(C)C(C)C. The predicted molar refractivity (Wildman–Crippen MR) is 116 cm³/mol. The third-order valence-corrected chi connectivity index (χ3v) is 5.54. The molecule has 2 rings (SSSR count). The quantitative estimate of drug-likeness (QED) is 0.543. The largest absolute Gasteiger partial charge is 0.357 e. The number of guanidine groups is 1. The summed E-state index contributed by atoms with van der Waals surface area (Å²) < 4.78 is 0. The summed E-state index contributed by atoms with van der Waals surface area (Å²) in [6.45, 7) is 19.5. The highest BCUT2D eigenvalue weighted by molar-refractivity contribution is 5.80. The van der Waals surface area contributed by atoms with Crippen LogP contribution in [0.15, 0.2) is 29.3 Å². The number of likely N-dealkylation sites (N-methyl/N-ethyl adjacent to an activating group) is 1. The van der Waals surface area contributed by atoms with Crippen molar-refractivity contribution >= 4 is 5.96 Å². The Morgan fingerprint density at radius 2 is 1.63 bits per heavy atom. The van der Waals surface area contributed by atoms with Gasteiger partial charge in [-0.05, 0) is 37.4 Å². The van der Waals surface area contributed by atoms with Gasteiger partial charge in [0.2, 0.25) is 0 Å². The van der Waals surface area contributed by atoms with E-state index in [4.69, 9.17) is 4.99 Å². The molecule has 1 saturated heterocycles. The second kappa shape index (κ2) is 11.3. The summed E-state index contributed by atoms with van der Waals surface area (Å²) in [6, 6.07) is 9.15. The standard InChI is InChI=1S/C22H39N5/c1-6-23-22(25-19(5)18(3)4)24-16-20-10-8-9-11-21(20)17-27-14-12-26(7-2)13-15-27/h8-11,18-19H,6-7,12-17H2,1-5H3,(H2,23,24,25). The van der Waals surface area contributed by atoms with Crippen molar-refractivity contribution in [3.05, 3.63) is 35.4 Å². The fraction of sp³-hybridized carbons (Fsp3) is 0.682. The van der Waals surface area contributed by atoms with Crippen molar-refractivity contribution in [2.75, 3.05) is 39.3 Å². The molecule has 1 unspecified atom stereocenters. The number of nitrogens with one attached hydrogen (secondary N) is 2.